The molecule has 1 atom stereocenters. The molecule has 29 heavy (non-hydrogen) atoms. The van der Waals surface area contributed by atoms with Gasteiger partial charge in [0.1, 0.15) is 18.2 Å². The van der Waals surface area contributed by atoms with Crippen LogP contribution in [0.3, 0.4) is 0 Å². The largest absolute Gasteiger partial charge is 0.359 e. The highest BCUT2D eigenvalue weighted by atomic mass is 35.5. The van der Waals surface area contributed by atoms with E-state index in [0.29, 0.717) is 16.6 Å². The summed E-state index contributed by atoms with van der Waals surface area (Å²) in [6.07, 6.45) is 5.48. The standard InChI is InChI=1S/C22H19Cl2N5/c1-2-7-28-8-9-29(13-17(28)12-25)22-19-10-18(15-3-5-16(23)6-4-15)20(24)11-21(19)26-14-27-22/h2-7,10-11,14,17H,8-9,13H2,1H3. The van der Waals surface area contributed by atoms with Crippen LogP contribution >= 0.6 is 23.2 Å². The Bertz CT molecular complexity index is 1100. The molecular formula is C22H19Cl2N5. The molecule has 1 saturated heterocycles. The van der Waals surface area contributed by atoms with Gasteiger partial charge in [0.05, 0.1) is 23.2 Å². The molecule has 0 bridgehead atoms. The average Bonchev–Trinajstić information content (AvgIpc) is 2.74. The van der Waals surface area contributed by atoms with Crippen molar-refractivity contribution in [2.45, 2.75) is 13.0 Å². The minimum absolute atomic E-state index is 0.229. The molecule has 0 aliphatic carbocycles. The Morgan fingerprint density at radius 1 is 1.14 bits per heavy atom. The van der Waals surface area contributed by atoms with Crippen LogP contribution in [0.5, 0.6) is 0 Å². The summed E-state index contributed by atoms with van der Waals surface area (Å²) in [4.78, 5) is 13.2. The van der Waals surface area contributed by atoms with E-state index in [4.69, 9.17) is 23.2 Å². The van der Waals surface area contributed by atoms with Gasteiger partial charge in [0.15, 0.2) is 0 Å². The number of anilines is 1. The summed E-state index contributed by atoms with van der Waals surface area (Å²) in [5.41, 5.74) is 2.65. The summed E-state index contributed by atoms with van der Waals surface area (Å²) >= 11 is 12.6. The Labute approximate surface area is 179 Å². The van der Waals surface area contributed by atoms with Crippen molar-refractivity contribution in [3.63, 3.8) is 0 Å². The molecule has 0 N–H and O–H groups in total. The normalized spacial score (nSPS) is 17.1. The molecule has 0 saturated carbocycles. The Kier molecular flexibility index (Phi) is 5.57. The number of nitrogens with zero attached hydrogens (tertiary/aromatic N) is 5. The average molecular weight is 424 g/mol. The number of fused-ring (bicyclic) bond motifs is 1. The summed E-state index contributed by atoms with van der Waals surface area (Å²) in [5, 5.41) is 11.8. The quantitative estimate of drug-likeness (QED) is 0.582. The van der Waals surface area contributed by atoms with E-state index in [1.807, 2.05) is 55.6 Å². The number of aromatic nitrogens is 2. The maximum Gasteiger partial charge on any atom is 0.140 e. The van der Waals surface area contributed by atoms with Gasteiger partial charge in [-0.15, -0.1) is 0 Å². The highest BCUT2D eigenvalue weighted by Crippen LogP contribution is 2.35. The van der Waals surface area contributed by atoms with Gasteiger partial charge in [-0.1, -0.05) is 41.4 Å². The van der Waals surface area contributed by atoms with E-state index in [2.05, 4.69) is 25.8 Å². The number of piperazine rings is 1. The molecule has 1 aliphatic rings. The predicted octanol–water partition coefficient (Wildman–Crippen LogP) is 5.15. The van der Waals surface area contributed by atoms with Gasteiger partial charge < -0.3 is 9.80 Å². The molecule has 4 rings (SSSR count). The second-order valence-electron chi connectivity index (χ2n) is 6.86. The lowest BCUT2D eigenvalue weighted by Gasteiger charge is -2.38. The minimum Gasteiger partial charge on any atom is -0.359 e. The smallest absolute Gasteiger partial charge is 0.140 e. The van der Waals surface area contributed by atoms with Crippen molar-refractivity contribution in [3.8, 4) is 17.2 Å². The van der Waals surface area contributed by atoms with Gasteiger partial charge >= 0.3 is 0 Å². The lowest BCUT2D eigenvalue weighted by molar-refractivity contribution is 0.294. The first-order chi connectivity index (χ1) is 14.1. The molecule has 0 radical (unpaired) electrons. The van der Waals surface area contributed by atoms with Crippen LogP contribution in [0.2, 0.25) is 10.0 Å². The first-order valence-electron chi connectivity index (χ1n) is 9.34. The fourth-order valence-electron chi connectivity index (χ4n) is 3.64. The molecule has 1 unspecified atom stereocenters. The van der Waals surface area contributed by atoms with Gasteiger partial charge in [0, 0.05) is 29.1 Å². The first-order valence-corrected chi connectivity index (χ1v) is 10.1. The molecule has 3 aromatic rings. The number of halogens is 2. The lowest BCUT2D eigenvalue weighted by Crippen LogP contribution is -2.50. The van der Waals surface area contributed by atoms with Gasteiger partial charge in [-0.2, -0.15) is 5.26 Å². The second kappa shape index (κ2) is 8.28. The Hall–Kier alpha value is -2.81. The lowest BCUT2D eigenvalue weighted by atomic mass is 10.0. The molecule has 1 aliphatic heterocycles. The van der Waals surface area contributed by atoms with Crippen molar-refractivity contribution in [1.29, 1.82) is 5.26 Å². The van der Waals surface area contributed by atoms with E-state index in [-0.39, 0.29) is 6.04 Å². The van der Waals surface area contributed by atoms with Crippen molar-refractivity contribution >= 4 is 39.9 Å². The maximum absolute atomic E-state index is 9.60. The van der Waals surface area contributed by atoms with Gasteiger partial charge in [0.25, 0.3) is 0 Å². The molecule has 2 aromatic carbocycles. The predicted molar refractivity (Wildman–Crippen MR) is 118 cm³/mol. The van der Waals surface area contributed by atoms with Crippen molar-refractivity contribution in [2.24, 2.45) is 0 Å². The zero-order valence-corrected chi connectivity index (χ0v) is 17.4. The zero-order chi connectivity index (χ0) is 20.4. The summed E-state index contributed by atoms with van der Waals surface area (Å²) < 4.78 is 0. The van der Waals surface area contributed by atoms with Crippen LogP contribution in [0.4, 0.5) is 5.82 Å². The van der Waals surface area contributed by atoms with Crippen LogP contribution in [0.25, 0.3) is 22.0 Å². The fourth-order valence-corrected chi connectivity index (χ4v) is 4.03. The van der Waals surface area contributed by atoms with E-state index in [1.54, 1.807) is 6.33 Å². The molecule has 2 heterocycles. The topological polar surface area (TPSA) is 56.1 Å². The van der Waals surface area contributed by atoms with E-state index in [1.165, 1.54) is 0 Å². The van der Waals surface area contributed by atoms with Gasteiger partial charge in [-0.3, -0.25) is 0 Å². The van der Waals surface area contributed by atoms with Gasteiger partial charge in [0.2, 0.25) is 0 Å². The van der Waals surface area contributed by atoms with E-state index >= 15 is 0 Å². The third kappa shape index (κ3) is 3.87. The van der Waals surface area contributed by atoms with Crippen molar-refractivity contribution in [1.82, 2.24) is 14.9 Å². The first kappa shape index (κ1) is 19.5. The second-order valence-corrected chi connectivity index (χ2v) is 7.71. The summed E-state index contributed by atoms with van der Waals surface area (Å²) in [6, 6.07) is 13.6. The molecule has 7 heteroatoms. The number of hydrogen-bond acceptors (Lipinski definition) is 5. The van der Waals surface area contributed by atoms with Crippen LogP contribution in [0.15, 0.2) is 55.0 Å². The van der Waals surface area contributed by atoms with E-state index < -0.39 is 0 Å². The van der Waals surface area contributed by atoms with E-state index in [0.717, 1.165) is 40.9 Å². The van der Waals surface area contributed by atoms with Crippen LogP contribution in [-0.4, -0.2) is 40.5 Å². The van der Waals surface area contributed by atoms with Crippen molar-refractivity contribution in [2.75, 3.05) is 24.5 Å². The van der Waals surface area contributed by atoms with Crippen molar-refractivity contribution in [3.05, 3.63) is 65.0 Å². The third-order valence-electron chi connectivity index (χ3n) is 5.07. The molecule has 5 nitrogen and oxygen atoms in total. The Morgan fingerprint density at radius 3 is 2.66 bits per heavy atom. The Balaban J connectivity index is 1.76. The highest BCUT2D eigenvalue weighted by molar-refractivity contribution is 6.34. The molecule has 0 spiro atoms. The zero-order valence-electron chi connectivity index (χ0n) is 15.9. The summed E-state index contributed by atoms with van der Waals surface area (Å²) in [5.74, 6) is 0.822. The number of rotatable bonds is 3. The maximum atomic E-state index is 9.60. The summed E-state index contributed by atoms with van der Waals surface area (Å²) in [7, 11) is 0. The molecule has 0 amide bonds. The number of benzene rings is 2. The van der Waals surface area contributed by atoms with Crippen LogP contribution in [-0.2, 0) is 0 Å². The number of hydrogen-bond donors (Lipinski definition) is 0. The van der Waals surface area contributed by atoms with Crippen LogP contribution in [0, 0.1) is 11.3 Å². The Morgan fingerprint density at radius 2 is 1.93 bits per heavy atom. The molecule has 146 valence electrons. The van der Waals surface area contributed by atoms with Crippen molar-refractivity contribution < 1.29 is 0 Å². The molecule has 1 fully saturated rings. The van der Waals surface area contributed by atoms with E-state index in [9.17, 15) is 5.26 Å². The monoisotopic (exact) mass is 423 g/mol. The third-order valence-corrected chi connectivity index (χ3v) is 5.63. The number of allylic oxidation sites excluding steroid dienone is 1. The van der Waals surface area contributed by atoms with Crippen LogP contribution in [0.1, 0.15) is 6.92 Å². The minimum atomic E-state index is -0.229. The van der Waals surface area contributed by atoms with Crippen LogP contribution < -0.4 is 4.90 Å². The highest BCUT2D eigenvalue weighted by Gasteiger charge is 2.26. The van der Waals surface area contributed by atoms with Gasteiger partial charge in [-0.25, -0.2) is 9.97 Å². The SMILES string of the molecule is CC=CN1CCN(c2ncnc3cc(Cl)c(-c4ccc(Cl)cc4)cc23)CC1C#N. The molecule has 1 aromatic heterocycles. The summed E-state index contributed by atoms with van der Waals surface area (Å²) in [6.45, 7) is 4.06. The number of nitriles is 1. The fraction of sp³-hybridized carbons (Fsp3) is 0.227. The van der Waals surface area contributed by atoms with Gasteiger partial charge in [-0.05, 0) is 43.0 Å². The molecular weight excluding hydrogens is 405 g/mol.